The second-order valence-corrected chi connectivity index (χ2v) is 5.73. The van der Waals surface area contributed by atoms with Crippen LogP contribution in [-0.4, -0.2) is 25.0 Å². The molecule has 2 rings (SSSR count). The molecule has 8 heteroatoms. The third-order valence-corrected chi connectivity index (χ3v) is 4.07. The lowest BCUT2D eigenvalue weighted by atomic mass is 10.3. The van der Waals surface area contributed by atoms with Crippen molar-refractivity contribution in [1.29, 1.82) is 0 Å². The van der Waals surface area contributed by atoms with Gasteiger partial charge in [0.1, 0.15) is 4.90 Å². The predicted molar refractivity (Wildman–Crippen MR) is 78.3 cm³/mol. The molecule has 0 spiro atoms. The SMILES string of the molecule is CCOc1ccc(NS(=O)(=O)c2cccnc2CN)cn1. The van der Waals surface area contributed by atoms with Gasteiger partial charge in [-0.05, 0) is 25.1 Å². The van der Waals surface area contributed by atoms with Crippen molar-refractivity contribution < 1.29 is 13.2 Å². The summed E-state index contributed by atoms with van der Waals surface area (Å²) < 4.78 is 32.3. The highest BCUT2D eigenvalue weighted by molar-refractivity contribution is 7.92. The molecule has 0 bridgehead atoms. The highest BCUT2D eigenvalue weighted by atomic mass is 32.2. The molecule has 0 saturated heterocycles. The summed E-state index contributed by atoms with van der Waals surface area (Å²) in [4.78, 5) is 8.02. The first-order chi connectivity index (χ1) is 10.1. The van der Waals surface area contributed by atoms with E-state index in [-0.39, 0.29) is 11.4 Å². The molecule has 0 aliphatic carbocycles. The molecule has 0 unspecified atom stereocenters. The Bertz CT molecular complexity index is 702. The summed E-state index contributed by atoms with van der Waals surface area (Å²) in [6.45, 7) is 2.38. The number of hydrogen-bond donors (Lipinski definition) is 2. The van der Waals surface area contributed by atoms with Gasteiger partial charge in [-0.3, -0.25) is 9.71 Å². The number of nitrogens with zero attached hydrogens (tertiary/aromatic N) is 2. The van der Waals surface area contributed by atoms with E-state index in [4.69, 9.17) is 10.5 Å². The number of anilines is 1. The molecular formula is C13H16N4O3S. The smallest absolute Gasteiger partial charge is 0.263 e. The van der Waals surface area contributed by atoms with Crippen molar-refractivity contribution >= 4 is 15.7 Å². The maximum Gasteiger partial charge on any atom is 0.263 e. The maximum atomic E-state index is 12.3. The number of rotatable bonds is 6. The van der Waals surface area contributed by atoms with Gasteiger partial charge in [-0.25, -0.2) is 13.4 Å². The molecule has 2 aromatic rings. The van der Waals surface area contributed by atoms with E-state index in [0.29, 0.717) is 23.9 Å². The Hall–Kier alpha value is -2.19. The zero-order valence-electron chi connectivity index (χ0n) is 11.5. The van der Waals surface area contributed by atoms with Crippen molar-refractivity contribution in [3.63, 3.8) is 0 Å². The largest absolute Gasteiger partial charge is 0.478 e. The Morgan fingerprint density at radius 2 is 2.10 bits per heavy atom. The summed E-state index contributed by atoms with van der Waals surface area (Å²) in [5.74, 6) is 0.435. The van der Waals surface area contributed by atoms with E-state index in [1.165, 1.54) is 18.5 Å². The van der Waals surface area contributed by atoms with Crippen molar-refractivity contribution in [2.75, 3.05) is 11.3 Å². The Labute approximate surface area is 123 Å². The minimum Gasteiger partial charge on any atom is -0.478 e. The van der Waals surface area contributed by atoms with Crippen molar-refractivity contribution in [1.82, 2.24) is 9.97 Å². The number of ether oxygens (including phenoxy) is 1. The zero-order valence-corrected chi connectivity index (χ0v) is 12.3. The normalized spacial score (nSPS) is 11.1. The van der Waals surface area contributed by atoms with Gasteiger partial charge in [0.15, 0.2) is 0 Å². The molecule has 0 radical (unpaired) electrons. The standard InChI is InChI=1S/C13H16N4O3S/c1-2-20-13-6-5-10(9-16-13)17-21(18,19)12-4-3-7-15-11(12)8-14/h3-7,9,17H,2,8,14H2,1H3. The first-order valence-electron chi connectivity index (χ1n) is 6.32. The number of nitrogens with one attached hydrogen (secondary N) is 1. The van der Waals surface area contributed by atoms with Gasteiger partial charge in [0, 0.05) is 18.8 Å². The molecule has 7 nitrogen and oxygen atoms in total. The van der Waals surface area contributed by atoms with Crippen LogP contribution >= 0.6 is 0 Å². The van der Waals surface area contributed by atoms with E-state index in [1.807, 2.05) is 6.92 Å². The third kappa shape index (κ3) is 3.67. The summed E-state index contributed by atoms with van der Waals surface area (Å²) in [6.07, 6.45) is 2.89. The predicted octanol–water partition coefficient (Wildman–Crippen LogP) is 1.13. The number of nitrogens with two attached hydrogens (primary N) is 1. The van der Waals surface area contributed by atoms with Gasteiger partial charge in [-0.15, -0.1) is 0 Å². The Balaban J connectivity index is 2.24. The zero-order chi connectivity index (χ0) is 15.3. The van der Waals surface area contributed by atoms with Crippen molar-refractivity contribution in [3.05, 3.63) is 42.4 Å². The number of hydrogen-bond acceptors (Lipinski definition) is 6. The summed E-state index contributed by atoms with van der Waals surface area (Å²) in [6, 6.07) is 6.17. The van der Waals surface area contributed by atoms with Crippen LogP contribution in [0.5, 0.6) is 5.88 Å². The van der Waals surface area contributed by atoms with E-state index in [1.54, 1.807) is 18.2 Å². The second-order valence-electron chi connectivity index (χ2n) is 4.08. The van der Waals surface area contributed by atoms with Gasteiger partial charge < -0.3 is 10.5 Å². The fraction of sp³-hybridized carbons (Fsp3) is 0.231. The molecule has 0 aliphatic rings. The monoisotopic (exact) mass is 308 g/mol. The molecule has 0 fully saturated rings. The second kappa shape index (κ2) is 6.51. The van der Waals surface area contributed by atoms with E-state index in [0.717, 1.165) is 0 Å². The molecule has 2 heterocycles. The number of aromatic nitrogens is 2. The van der Waals surface area contributed by atoms with Gasteiger partial charge in [0.25, 0.3) is 10.0 Å². The fourth-order valence-electron chi connectivity index (χ4n) is 1.71. The summed E-state index contributed by atoms with van der Waals surface area (Å²) >= 11 is 0. The quantitative estimate of drug-likeness (QED) is 0.828. The molecule has 112 valence electrons. The molecule has 0 aliphatic heterocycles. The van der Waals surface area contributed by atoms with Crippen molar-refractivity contribution in [3.8, 4) is 5.88 Å². The molecule has 0 aromatic carbocycles. The van der Waals surface area contributed by atoms with Gasteiger partial charge >= 0.3 is 0 Å². The van der Waals surface area contributed by atoms with Gasteiger partial charge in [0.05, 0.1) is 24.2 Å². The summed E-state index contributed by atoms with van der Waals surface area (Å²) in [5, 5.41) is 0. The van der Waals surface area contributed by atoms with Crippen LogP contribution in [0.1, 0.15) is 12.6 Å². The lowest BCUT2D eigenvalue weighted by Gasteiger charge is -2.10. The average molecular weight is 308 g/mol. The Morgan fingerprint density at radius 3 is 2.71 bits per heavy atom. The van der Waals surface area contributed by atoms with Crippen LogP contribution in [-0.2, 0) is 16.6 Å². The van der Waals surface area contributed by atoms with Crippen LogP contribution in [0, 0.1) is 0 Å². The molecule has 2 aromatic heterocycles. The highest BCUT2D eigenvalue weighted by Crippen LogP contribution is 2.18. The Kier molecular flexibility index (Phi) is 4.71. The summed E-state index contributed by atoms with van der Waals surface area (Å²) in [5.41, 5.74) is 6.16. The van der Waals surface area contributed by atoms with Crippen molar-refractivity contribution in [2.45, 2.75) is 18.4 Å². The molecule has 3 N–H and O–H groups in total. The first kappa shape index (κ1) is 15.2. The van der Waals surface area contributed by atoms with Crippen LogP contribution in [0.2, 0.25) is 0 Å². The van der Waals surface area contributed by atoms with E-state index in [2.05, 4.69) is 14.7 Å². The molecule has 0 amide bonds. The topological polar surface area (TPSA) is 107 Å². The van der Waals surface area contributed by atoms with E-state index >= 15 is 0 Å². The van der Waals surface area contributed by atoms with Gasteiger partial charge in [-0.1, -0.05) is 0 Å². The lowest BCUT2D eigenvalue weighted by molar-refractivity contribution is 0.327. The molecule has 0 saturated carbocycles. The van der Waals surface area contributed by atoms with Crippen LogP contribution in [0.3, 0.4) is 0 Å². The van der Waals surface area contributed by atoms with Gasteiger partial charge in [-0.2, -0.15) is 0 Å². The minimum absolute atomic E-state index is 0.0403. The third-order valence-electron chi connectivity index (χ3n) is 2.61. The van der Waals surface area contributed by atoms with Crippen LogP contribution in [0.4, 0.5) is 5.69 Å². The average Bonchev–Trinajstić information content (AvgIpc) is 2.49. The van der Waals surface area contributed by atoms with Gasteiger partial charge in [0.2, 0.25) is 5.88 Å². The Morgan fingerprint density at radius 1 is 1.29 bits per heavy atom. The number of pyridine rings is 2. The molecule has 0 atom stereocenters. The lowest BCUT2D eigenvalue weighted by Crippen LogP contribution is -2.17. The van der Waals surface area contributed by atoms with E-state index < -0.39 is 10.0 Å². The molecular weight excluding hydrogens is 292 g/mol. The summed E-state index contributed by atoms with van der Waals surface area (Å²) in [7, 11) is -3.75. The molecule has 21 heavy (non-hydrogen) atoms. The van der Waals surface area contributed by atoms with Crippen molar-refractivity contribution in [2.24, 2.45) is 5.73 Å². The maximum absolute atomic E-state index is 12.3. The van der Waals surface area contributed by atoms with Crippen LogP contribution in [0.25, 0.3) is 0 Å². The van der Waals surface area contributed by atoms with E-state index in [9.17, 15) is 8.42 Å². The van der Waals surface area contributed by atoms with Crippen LogP contribution in [0.15, 0.2) is 41.6 Å². The fourth-order valence-corrected chi connectivity index (χ4v) is 2.95. The highest BCUT2D eigenvalue weighted by Gasteiger charge is 2.18. The number of sulfonamides is 1. The first-order valence-corrected chi connectivity index (χ1v) is 7.80. The van der Waals surface area contributed by atoms with Crippen LogP contribution < -0.4 is 15.2 Å². The minimum atomic E-state index is -3.75.